The van der Waals surface area contributed by atoms with Crippen molar-refractivity contribution in [2.45, 2.75) is 33.4 Å². The van der Waals surface area contributed by atoms with Crippen LogP contribution >= 0.6 is 0 Å². The first kappa shape index (κ1) is 22.5. The molecule has 5 nitrogen and oxygen atoms in total. The van der Waals surface area contributed by atoms with Crippen LogP contribution in [-0.2, 0) is 29.1 Å². The molecule has 0 saturated heterocycles. The number of carbonyl (C=O) groups is 2. The van der Waals surface area contributed by atoms with Gasteiger partial charge in [0.05, 0.1) is 13.0 Å². The predicted octanol–water partition coefficient (Wildman–Crippen LogP) is 3.66. The first-order valence-corrected chi connectivity index (χ1v) is 10.9. The molecule has 0 spiro atoms. The van der Waals surface area contributed by atoms with E-state index in [1.54, 1.807) is 0 Å². The summed E-state index contributed by atoms with van der Waals surface area (Å²) in [6, 6.07) is 22.2. The zero-order valence-electron chi connectivity index (χ0n) is 18.4. The standard InChI is InChI=1S/C26H31N3O2/c1-3-29(4-2)19-21-14-12-20(13-15-21)17-27-26(31)18-28-25(30)16-23-10-7-9-22-8-5-6-11-24(22)23/h5-15H,3-4,16-19H2,1-2H3,(H,27,31)(H,28,30). The lowest BCUT2D eigenvalue weighted by molar-refractivity contribution is -0.125. The SMILES string of the molecule is CCN(CC)Cc1ccc(CNC(=O)CNC(=O)Cc2cccc3ccccc23)cc1. The molecule has 3 aromatic rings. The van der Waals surface area contributed by atoms with Crippen molar-refractivity contribution in [2.24, 2.45) is 0 Å². The Morgan fingerprint density at radius 2 is 1.45 bits per heavy atom. The van der Waals surface area contributed by atoms with Crippen LogP contribution < -0.4 is 10.6 Å². The van der Waals surface area contributed by atoms with Crippen molar-refractivity contribution in [1.29, 1.82) is 0 Å². The molecular formula is C26H31N3O2. The van der Waals surface area contributed by atoms with Crippen LogP contribution in [0.3, 0.4) is 0 Å². The third kappa shape index (κ3) is 6.66. The lowest BCUT2D eigenvalue weighted by Crippen LogP contribution is -2.37. The summed E-state index contributed by atoms with van der Waals surface area (Å²) in [6.07, 6.45) is 0.253. The summed E-state index contributed by atoms with van der Waals surface area (Å²) >= 11 is 0. The maximum Gasteiger partial charge on any atom is 0.239 e. The van der Waals surface area contributed by atoms with E-state index in [1.807, 2.05) is 54.6 Å². The Hall–Kier alpha value is -3.18. The van der Waals surface area contributed by atoms with E-state index in [2.05, 4.69) is 41.5 Å². The molecule has 0 bridgehead atoms. The molecule has 0 atom stereocenters. The van der Waals surface area contributed by atoms with Gasteiger partial charge < -0.3 is 10.6 Å². The van der Waals surface area contributed by atoms with E-state index in [1.165, 1.54) is 5.56 Å². The Morgan fingerprint density at radius 1 is 0.774 bits per heavy atom. The van der Waals surface area contributed by atoms with Gasteiger partial charge in [0.15, 0.2) is 0 Å². The smallest absolute Gasteiger partial charge is 0.239 e. The van der Waals surface area contributed by atoms with Crippen LogP contribution in [0.15, 0.2) is 66.7 Å². The fourth-order valence-corrected chi connectivity index (χ4v) is 3.59. The molecule has 0 fully saturated rings. The summed E-state index contributed by atoms with van der Waals surface area (Å²) in [5, 5.41) is 7.75. The number of nitrogens with zero attached hydrogens (tertiary/aromatic N) is 1. The summed E-state index contributed by atoms with van der Waals surface area (Å²) in [5.74, 6) is -0.356. The largest absolute Gasteiger partial charge is 0.350 e. The van der Waals surface area contributed by atoms with Gasteiger partial charge in [-0.2, -0.15) is 0 Å². The number of hydrogen-bond acceptors (Lipinski definition) is 3. The Morgan fingerprint density at radius 3 is 2.19 bits per heavy atom. The average molecular weight is 418 g/mol. The van der Waals surface area contributed by atoms with E-state index in [9.17, 15) is 9.59 Å². The summed E-state index contributed by atoms with van der Waals surface area (Å²) in [6.45, 7) is 7.74. The van der Waals surface area contributed by atoms with Gasteiger partial charge in [0.2, 0.25) is 11.8 Å². The molecule has 162 valence electrons. The molecule has 2 N–H and O–H groups in total. The van der Waals surface area contributed by atoms with Crippen LogP contribution in [-0.4, -0.2) is 36.3 Å². The van der Waals surface area contributed by atoms with Crippen LogP contribution in [0.5, 0.6) is 0 Å². The second-order valence-electron chi connectivity index (χ2n) is 7.65. The van der Waals surface area contributed by atoms with Gasteiger partial charge >= 0.3 is 0 Å². The van der Waals surface area contributed by atoms with E-state index in [-0.39, 0.29) is 24.8 Å². The molecule has 3 rings (SSSR count). The summed E-state index contributed by atoms with van der Waals surface area (Å²) in [4.78, 5) is 26.8. The zero-order chi connectivity index (χ0) is 22.1. The average Bonchev–Trinajstić information content (AvgIpc) is 2.81. The van der Waals surface area contributed by atoms with Gasteiger partial charge in [-0.15, -0.1) is 0 Å². The Kier molecular flexibility index (Phi) is 8.19. The molecule has 0 unspecified atom stereocenters. The Balaban J connectivity index is 1.43. The molecule has 2 amide bonds. The topological polar surface area (TPSA) is 61.4 Å². The second-order valence-corrected chi connectivity index (χ2v) is 7.65. The third-order valence-corrected chi connectivity index (χ3v) is 5.49. The van der Waals surface area contributed by atoms with Gasteiger partial charge in [0.25, 0.3) is 0 Å². The van der Waals surface area contributed by atoms with Crippen molar-refractivity contribution >= 4 is 22.6 Å². The highest BCUT2D eigenvalue weighted by atomic mass is 16.2. The van der Waals surface area contributed by atoms with E-state index >= 15 is 0 Å². The van der Waals surface area contributed by atoms with Gasteiger partial charge in [-0.1, -0.05) is 80.6 Å². The molecule has 0 heterocycles. The molecule has 0 aromatic heterocycles. The van der Waals surface area contributed by atoms with Crippen molar-refractivity contribution in [3.05, 3.63) is 83.4 Å². The lowest BCUT2D eigenvalue weighted by atomic mass is 10.0. The molecule has 0 aliphatic carbocycles. The molecule has 0 radical (unpaired) electrons. The van der Waals surface area contributed by atoms with Crippen LogP contribution in [0.25, 0.3) is 10.8 Å². The molecule has 31 heavy (non-hydrogen) atoms. The normalized spacial score (nSPS) is 10.9. The first-order chi connectivity index (χ1) is 15.1. The predicted molar refractivity (Wildman–Crippen MR) is 126 cm³/mol. The molecule has 0 aliphatic rings. The van der Waals surface area contributed by atoms with Crippen molar-refractivity contribution in [3.63, 3.8) is 0 Å². The molecule has 5 heteroatoms. The minimum Gasteiger partial charge on any atom is -0.350 e. The number of carbonyl (C=O) groups excluding carboxylic acids is 2. The summed E-state index contributed by atoms with van der Waals surface area (Å²) in [7, 11) is 0. The van der Waals surface area contributed by atoms with Crippen LogP contribution in [0.2, 0.25) is 0 Å². The number of rotatable bonds is 10. The minimum atomic E-state index is -0.196. The second kappa shape index (κ2) is 11.3. The maximum atomic E-state index is 12.3. The molecule has 0 aliphatic heterocycles. The van der Waals surface area contributed by atoms with E-state index in [0.29, 0.717) is 6.54 Å². The number of amides is 2. The van der Waals surface area contributed by atoms with E-state index in [0.717, 1.165) is 41.5 Å². The van der Waals surface area contributed by atoms with Crippen LogP contribution in [0.1, 0.15) is 30.5 Å². The van der Waals surface area contributed by atoms with Crippen molar-refractivity contribution in [3.8, 4) is 0 Å². The van der Waals surface area contributed by atoms with Crippen molar-refractivity contribution < 1.29 is 9.59 Å². The highest BCUT2D eigenvalue weighted by Crippen LogP contribution is 2.18. The van der Waals surface area contributed by atoms with E-state index in [4.69, 9.17) is 0 Å². The summed E-state index contributed by atoms with van der Waals surface area (Å²) < 4.78 is 0. The molecular weight excluding hydrogens is 386 g/mol. The fraction of sp³-hybridized carbons (Fsp3) is 0.308. The highest BCUT2D eigenvalue weighted by molar-refractivity contribution is 5.91. The van der Waals surface area contributed by atoms with Gasteiger partial charge in [-0.3, -0.25) is 14.5 Å². The van der Waals surface area contributed by atoms with Gasteiger partial charge in [0.1, 0.15) is 0 Å². The Bertz CT molecular complexity index is 1010. The summed E-state index contributed by atoms with van der Waals surface area (Å²) in [5.41, 5.74) is 3.26. The minimum absolute atomic E-state index is 0.0242. The lowest BCUT2D eigenvalue weighted by Gasteiger charge is -2.18. The number of benzene rings is 3. The number of nitrogens with one attached hydrogen (secondary N) is 2. The van der Waals surface area contributed by atoms with Crippen LogP contribution in [0, 0.1) is 0 Å². The van der Waals surface area contributed by atoms with Gasteiger partial charge in [-0.25, -0.2) is 0 Å². The maximum absolute atomic E-state index is 12.3. The number of hydrogen-bond donors (Lipinski definition) is 2. The zero-order valence-corrected chi connectivity index (χ0v) is 18.4. The number of fused-ring (bicyclic) bond motifs is 1. The molecule has 0 saturated carbocycles. The quantitative estimate of drug-likeness (QED) is 0.529. The van der Waals surface area contributed by atoms with Crippen molar-refractivity contribution in [1.82, 2.24) is 15.5 Å². The Labute approximate surface area is 184 Å². The van der Waals surface area contributed by atoms with Crippen LogP contribution in [0.4, 0.5) is 0 Å². The fourth-order valence-electron chi connectivity index (χ4n) is 3.59. The van der Waals surface area contributed by atoms with Gasteiger partial charge in [-0.05, 0) is 40.6 Å². The van der Waals surface area contributed by atoms with Gasteiger partial charge in [0, 0.05) is 13.1 Å². The monoisotopic (exact) mass is 417 g/mol. The van der Waals surface area contributed by atoms with E-state index < -0.39 is 0 Å². The first-order valence-electron chi connectivity index (χ1n) is 10.9. The third-order valence-electron chi connectivity index (χ3n) is 5.49. The molecule has 3 aromatic carbocycles. The highest BCUT2D eigenvalue weighted by Gasteiger charge is 2.09. The van der Waals surface area contributed by atoms with Crippen molar-refractivity contribution in [2.75, 3.05) is 19.6 Å².